The van der Waals surface area contributed by atoms with Crippen molar-refractivity contribution in [1.82, 2.24) is 0 Å². The minimum Gasteiger partial charge on any atom is -0.431 e. The van der Waals surface area contributed by atoms with Crippen LogP contribution in [0.15, 0.2) is 24.0 Å². The average Bonchev–Trinajstić information content (AvgIpc) is 2.58. The Bertz CT molecular complexity index is 456. The quantitative estimate of drug-likeness (QED) is 0.530. The Morgan fingerprint density at radius 3 is 3.06 bits per heavy atom. The number of hydrogen-bond donors (Lipinski definition) is 1. The van der Waals surface area contributed by atoms with E-state index in [2.05, 4.69) is 6.58 Å². The van der Waals surface area contributed by atoms with E-state index < -0.39 is 17.7 Å². The van der Waals surface area contributed by atoms with E-state index in [0.29, 0.717) is 30.6 Å². The first-order valence-electron chi connectivity index (χ1n) is 6.44. The minimum absolute atomic E-state index is 0.225. The number of halogens is 1. The number of cyclic esters (lactones) is 1. The highest BCUT2D eigenvalue weighted by Crippen LogP contribution is 2.53. The van der Waals surface area contributed by atoms with Crippen LogP contribution in [0, 0.1) is 17.8 Å². The summed E-state index contributed by atoms with van der Waals surface area (Å²) in [6, 6.07) is 0. The van der Waals surface area contributed by atoms with Gasteiger partial charge in [-0.05, 0) is 30.8 Å². The molecule has 0 aromatic rings. The predicted octanol–water partition coefficient (Wildman–Crippen LogP) is 2.12. The van der Waals surface area contributed by atoms with Gasteiger partial charge in [-0.3, -0.25) is 4.79 Å². The molecule has 98 valence electrons. The van der Waals surface area contributed by atoms with E-state index in [9.17, 15) is 14.3 Å². The molecule has 3 nitrogen and oxygen atoms in total. The largest absolute Gasteiger partial charge is 0.431 e. The second-order valence-corrected chi connectivity index (χ2v) is 5.63. The summed E-state index contributed by atoms with van der Waals surface area (Å²) in [6.45, 7) is 5.61. The number of aliphatic hydroxyl groups is 1. The molecule has 1 saturated carbocycles. The molecule has 1 saturated heterocycles. The number of hydrogen-bond acceptors (Lipinski definition) is 3. The van der Waals surface area contributed by atoms with Gasteiger partial charge in [0.25, 0.3) is 0 Å². The van der Waals surface area contributed by atoms with E-state index in [1.165, 1.54) is 0 Å². The van der Waals surface area contributed by atoms with Crippen LogP contribution in [0.5, 0.6) is 0 Å². The van der Waals surface area contributed by atoms with Gasteiger partial charge in [0.15, 0.2) is 0 Å². The third-order valence-corrected chi connectivity index (χ3v) is 4.77. The van der Waals surface area contributed by atoms with Crippen molar-refractivity contribution in [1.29, 1.82) is 0 Å². The molecule has 3 aliphatic rings. The molecule has 5 atom stereocenters. The molecule has 2 aliphatic carbocycles. The predicted molar refractivity (Wildman–Crippen MR) is 63.2 cm³/mol. The van der Waals surface area contributed by atoms with Crippen molar-refractivity contribution in [2.24, 2.45) is 17.8 Å². The fraction of sp³-hybridized carbons (Fsp3) is 0.643. The Morgan fingerprint density at radius 1 is 1.61 bits per heavy atom. The Morgan fingerprint density at radius 2 is 2.33 bits per heavy atom. The van der Waals surface area contributed by atoms with Gasteiger partial charge < -0.3 is 9.84 Å². The van der Waals surface area contributed by atoms with Gasteiger partial charge in [0.2, 0.25) is 0 Å². The maximum absolute atomic E-state index is 14.0. The molecule has 0 aromatic carbocycles. The smallest absolute Gasteiger partial charge is 0.318 e. The maximum Gasteiger partial charge on any atom is 0.318 e. The van der Waals surface area contributed by atoms with Crippen molar-refractivity contribution in [2.45, 2.75) is 38.0 Å². The summed E-state index contributed by atoms with van der Waals surface area (Å²) in [5.41, 5.74) is -0.760. The lowest BCUT2D eigenvalue weighted by atomic mass is 9.61. The minimum atomic E-state index is -1.14. The number of ether oxygens (including phenoxy) is 1. The molecular weight excluding hydrogens is 235 g/mol. The van der Waals surface area contributed by atoms with E-state index in [1.54, 1.807) is 6.08 Å². The van der Waals surface area contributed by atoms with Crippen molar-refractivity contribution >= 4 is 5.97 Å². The molecule has 0 bridgehead atoms. The van der Waals surface area contributed by atoms with Crippen LogP contribution in [0.25, 0.3) is 0 Å². The van der Waals surface area contributed by atoms with Gasteiger partial charge in [-0.1, -0.05) is 19.6 Å². The monoisotopic (exact) mass is 252 g/mol. The zero-order chi connectivity index (χ0) is 13.1. The third-order valence-electron chi connectivity index (χ3n) is 4.77. The van der Waals surface area contributed by atoms with Gasteiger partial charge in [0.05, 0.1) is 11.5 Å². The fourth-order valence-electron chi connectivity index (χ4n) is 3.73. The number of fused-ring (bicyclic) bond motifs is 2. The van der Waals surface area contributed by atoms with E-state index in [-0.39, 0.29) is 17.8 Å². The molecule has 3 rings (SSSR count). The average molecular weight is 252 g/mol. The van der Waals surface area contributed by atoms with Crippen LogP contribution >= 0.6 is 0 Å². The molecular formula is C14H17FO3. The summed E-state index contributed by atoms with van der Waals surface area (Å²) in [4.78, 5) is 11.7. The molecule has 2 fully saturated rings. The molecule has 4 heteroatoms. The van der Waals surface area contributed by atoms with Gasteiger partial charge in [-0.2, -0.15) is 0 Å². The number of rotatable bonds is 0. The first kappa shape index (κ1) is 11.9. The van der Waals surface area contributed by atoms with Crippen LogP contribution in [0.4, 0.5) is 4.39 Å². The lowest BCUT2D eigenvalue weighted by molar-refractivity contribution is -0.138. The van der Waals surface area contributed by atoms with Gasteiger partial charge >= 0.3 is 5.97 Å². The Kier molecular flexibility index (Phi) is 2.43. The van der Waals surface area contributed by atoms with Crippen molar-refractivity contribution in [2.75, 3.05) is 0 Å². The maximum atomic E-state index is 14.0. The Balaban J connectivity index is 2.10. The molecule has 0 spiro atoms. The fourth-order valence-corrected chi connectivity index (χ4v) is 3.73. The number of alkyl halides is 1. The van der Waals surface area contributed by atoms with Gasteiger partial charge in [-0.25, -0.2) is 4.39 Å². The zero-order valence-corrected chi connectivity index (χ0v) is 10.4. The highest BCUT2D eigenvalue weighted by Gasteiger charge is 2.56. The number of carbonyl (C=O) groups is 1. The van der Waals surface area contributed by atoms with Crippen LogP contribution in [0.3, 0.4) is 0 Å². The zero-order valence-electron chi connectivity index (χ0n) is 10.4. The van der Waals surface area contributed by atoms with Crippen molar-refractivity contribution in [3.63, 3.8) is 0 Å². The topological polar surface area (TPSA) is 46.5 Å². The third kappa shape index (κ3) is 1.35. The summed E-state index contributed by atoms with van der Waals surface area (Å²) >= 11 is 0. The number of esters is 1. The second kappa shape index (κ2) is 3.67. The highest BCUT2D eigenvalue weighted by molar-refractivity contribution is 5.80. The summed E-state index contributed by atoms with van der Waals surface area (Å²) < 4.78 is 19.1. The van der Waals surface area contributed by atoms with E-state index in [1.807, 2.05) is 6.92 Å². The molecule has 18 heavy (non-hydrogen) atoms. The van der Waals surface area contributed by atoms with E-state index >= 15 is 0 Å². The summed E-state index contributed by atoms with van der Waals surface area (Å²) in [5, 5.41) is 10.8. The van der Waals surface area contributed by atoms with Crippen molar-refractivity contribution in [3.05, 3.63) is 24.0 Å². The lowest BCUT2D eigenvalue weighted by Gasteiger charge is -2.47. The standard InChI is InChI=1S/C14H17FO3/c1-7-12-8(2)18-13(16)9(12)6-10-11(15)4-3-5-14(7,10)17/h6-7,9,11-12,17H,2-5H2,1H3/t7-,9-,11+,12-,14-/m1/s1. The molecule has 0 aromatic heterocycles. The van der Waals surface area contributed by atoms with Crippen LogP contribution in [-0.4, -0.2) is 22.8 Å². The normalized spacial score (nSPS) is 47.2. The van der Waals surface area contributed by atoms with Crippen molar-refractivity contribution < 1.29 is 19.0 Å². The molecule has 1 N–H and O–H groups in total. The second-order valence-electron chi connectivity index (χ2n) is 5.63. The summed E-state index contributed by atoms with van der Waals surface area (Å²) in [6.07, 6.45) is 2.08. The molecule has 1 heterocycles. The molecule has 0 unspecified atom stereocenters. The molecule has 0 amide bonds. The number of carbonyl (C=O) groups excluding carboxylic acids is 1. The van der Waals surface area contributed by atoms with Crippen LogP contribution in [-0.2, 0) is 9.53 Å². The van der Waals surface area contributed by atoms with Crippen molar-refractivity contribution in [3.8, 4) is 0 Å². The summed E-state index contributed by atoms with van der Waals surface area (Å²) in [5.74, 6) is -0.901. The Hall–Kier alpha value is -1.16. The molecule has 0 radical (unpaired) electrons. The first-order chi connectivity index (χ1) is 8.45. The highest BCUT2D eigenvalue weighted by atomic mass is 19.1. The van der Waals surface area contributed by atoms with Crippen LogP contribution in [0.1, 0.15) is 26.2 Å². The van der Waals surface area contributed by atoms with Crippen LogP contribution in [0.2, 0.25) is 0 Å². The van der Waals surface area contributed by atoms with Gasteiger partial charge in [0.1, 0.15) is 11.9 Å². The molecule has 1 aliphatic heterocycles. The van der Waals surface area contributed by atoms with Gasteiger partial charge in [-0.15, -0.1) is 0 Å². The lowest BCUT2D eigenvalue weighted by Crippen LogP contribution is -2.51. The summed E-state index contributed by atoms with van der Waals surface area (Å²) in [7, 11) is 0. The van der Waals surface area contributed by atoms with Gasteiger partial charge in [0, 0.05) is 5.92 Å². The Labute approximate surface area is 105 Å². The van der Waals surface area contributed by atoms with Crippen LogP contribution < -0.4 is 0 Å². The van der Waals surface area contributed by atoms with E-state index in [4.69, 9.17) is 4.74 Å². The van der Waals surface area contributed by atoms with E-state index in [0.717, 1.165) is 0 Å². The SMILES string of the molecule is C=C1OC(=O)[C@@H]2C=C3[C@@H](F)CCC[C@@]3(O)[C@H](C)[C@H]12. The number of allylic oxidation sites excluding steroid dienone is 1. The first-order valence-corrected chi connectivity index (χ1v) is 6.44.